The van der Waals surface area contributed by atoms with Gasteiger partial charge in [0.25, 0.3) is 0 Å². The van der Waals surface area contributed by atoms with Crippen molar-refractivity contribution in [2.24, 2.45) is 0 Å². The van der Waals surface area contributed by atoms with Crippen molar-refractivity contribution in [1.29, 1.82) is 0 Å². The SMILES string of the molecule is Cc1cc(Cl)ccc1OC1CCCC1O. The topological polar surface area (TPSA) is 29.5 Å². The molecule has 0 aliphatic heterocycles. The van der Waals surface area contributed by atoms with Crippen LogP contribution in [-0.4, -0.2) is 17.3 Å². The predicted molar refractivity (Wildman–Crippen MR) is 60.5 cm³/mol. The fraction of sp³-hybridized carbons (Fsp3) is 0.500. The third kappa shape index (κ3) is 2.44. The lowest BCUT2D eigenvalue weighted by Gasteiger charge is -2.18. The van der Waals surface area contributed by atoms with Crippen LogP contribution in [0.2, 0.25) is 5.02 Å². The number of aryl methyl sites for hydroxylation is 1. The maximum absolute atomic E-state index is 9.64. The number of ether oxygens (including phenoxy) is 1. The Balaban J connectivity index is 2.10. The molecule has 1 aromatic carbocycles. The third-order valence-electron chi connectivity index (χ3n) is 2.83. The highest BCUT2D eigenvalue weighted by Crippen LogP contribution is 2.28. The number of aliphatic hydroxyl groups excluding tert-OH is 1. The van der Waals surface area contributed by atoms with Crippen LogP contribution in [0.4, 0.5) is 0 Å². The zero-order valence-corrected chi connectivity index (χ0v) is 9.50. The molecule has 1 aliphatic rings. The van der Waals surface area contributed by atoms with Gasteiger partial charge in [0.05, 0.1) is 6.10 Å². The maximum atomic E-state index is 9.64. The van der Waals surface area contributed by atoms with Crippen molar-refractivity contribution in [1.82, 2.24) is 0 Å². The van der Waals surface area contributed by atoms with Crippen LogP contribution in [0.1, 0.15) is 24.8 Å². The molecular formula is C12H15ClO2. The number of benzene rings is 1. The van der Waals surface area contributed by atoms with Gasteiger partial charge in [0.15, 0.2) is 0 Å². The van der Waals surface area contributed by atoms with Crippen LogP contribution in [0.5, 0.6) is 5.75 Å². The van der Waals surface area contributed by atoms with Gasteiger partial charge in [-0.05, 0) is 49.9 Å². The summed E-state index contributed by atoms with van der Waals surface area (Å²) in [7, 11) is 0. The second-order valence-electron chi connectivity index (χ2n) is 4.06. The highest BCUT2D eigenvalue weighted by Gasteiger charge is 2.27. The van der Waals surface area contributed by atoms with E-state index in [4.69, 9.17) is 16.3 Å². The quantitative estimate of drug-likeness (QED) is 0.840. The van der Waals surface area contributed by atoms with Gasteiger partial charge in [-0.25, -0.2) is 0 Å². The van der Waals surface area contributed by atoms with Crippen LogP contribution in [0.15, 0.2) is 18.2 Å². The summed E-state index contributed by atoms with van der Waals surface area (Å²) in [5.41, 5.74) is 1.02. The summed E-state index contributed by atoms with van der Waals surface area (Å²) in [6.45, 7) is 1.96. The first-order valence-electron chi connectivity index (χ1n) is 5.27. The Labute approximate surface area is 94.8 Å². The number of hydrogen-bond donors (Lipinski definition) is 1. The zero-order valence-electron chi connectivity index (χ0n) is 8.74. The number of rotatable bonds is 2. The summed E-state index contributed by atoms with van der Waals surface area (Å²) in [5.74, 6) is 0.824. The highest BCUT2D eigenvalue weighted by molar-refractivity contribution is 6.30. The van der Waals surface area contributed by atoms with E-state index in [9.17, 15) is 5.11 Å². The first-order chi connectivity index (χ1) is 7.16. The second-order valence-corrected chi connectivity index (χ2v) is 4.50. The second kappa shape index (κ2) is 4.42. The summed E-state index contributed by atoms with van der Waals surface area (Å²) in [4.78, 5) is 0. The van der Waals surface area contributed by atoms with Crippen LogP contribution in [0.3, 0.4) is 0 Å². The average molecular weight is 227 g/mol. The minimum Gasteiger partial charge on any atom is -0.487 e. The van der Waals surface area contributed by atoms with Crippen LogP contribution >= 0.6 is 11.6 Å². The Morgan fingerprint density at radius 1 is 1.40 bits per heavy atom. The Kier molecular flexibility index (Phi) is 3.17. The molecule has 2 nitrogen and oxygen atoms in total. The van der Waals surface area contributed by atoms with Crippen LogP contribution < -0.4 is 4.74 Å². The molecule has 1 N–H and O–H groups in total. The molecule has 1 saturated carbocycles. The molecule has 2 rings (SSSR count). The fourth-order valence-electron chi connectivity index (χ4n) is 1.95. The standard InChI is InChI=1S/C12H15ClO2/c1-8-7-9(13)5-6-11(8)15-12-4-2-3-10(12)14/h5-7,10,12,14H,2-4H2,1H3. The molecule has 0 heterocycles. The molecule has 0 spiro atoms. The molecule has 0 amide bonds. The summed E-state index contributed by atoms with van der Waals surface area (Å²) in [6, 6.07) is 5.55. The molecule has 1 fully saturated rings. The van der Waals surface area contributed by atoms with Gasteiger partial charge in [0.2, 0.25) is 0 Å². The van der Waals surface area contributed by atoms with E-state index in [-0.39, 0.29) is 12.2 Å². The lowest BCUT2D eigenvalue weighted by atomic mass is 10.2. The first kappa shape index (κ1) is 10.8. The van der Waals surface area contributed by atoms with E-state index >= 15 is 0 Å². The van der Waals surface area contributed by atoms with E-state index in [1.807, 2.05) is 25.1 Å². The summed E-state index contributed by atoms with van der Waals surface area (Å²) >= 11 is 5.86. The fourth-order valence-corrected chi connectivity index (χ4v) is 2.18. The van der Waals surface area contributed by atoms with Crippen molar-refractivity contribution in [3.05, 3.63) is 28.8 Å². The van der Waals surface area contributed by atoms with Gasteiger partial charge in [-0.2, -0.15) is 0 Å². The van der Waals surface area contributed by atoms with Crippen molar-refractivity contribution < 1.29 is 9.84 Å². The Morgan fingerprint density at radius 2 is 2.20 bits per heavy atom. The predicted octanol–water partition coefficient (Wildman–Crippen LogP) is 2.94. The number of aliphatic hydroxyl groups is 1. The van der Waals surface area contributed by atoms with Crippen LogP contribution in [0, 0.1) is 6.92 Å². The van der Waals surface area contributed by atoms with Crippen molar-refractivity contribution in [2.75, 3.05) is 0 Å². The third-order valence-corrected chi connectivity index (χ3v) is 3.07. The molecule has 82 valence electrons. The van der Waals surface area contributed by atoms with E-state index in [1.165, 1.54) is 0 Å². The summed E-state index contributed by atoms with van der Waals surface area (Å²) in [6.07, 6.45) is 2.45. The Bertz CT molecular complexity index is 351. The summed E-state index contributed by atoms with van der Waals surface area (Å²) in [5, 5.41) is 10.4. The van der Waals surface area contributed by atoms with E-state index in [0.717, 1.165) is 30.6 Å². The molecule has 1 aliphatic carbocycles. The number of hydrogen-bond acceptors (Lipinski definition) is 2. The van der Waals surface area contributed by atoms with Crippen LogP contribution in [-0.2, 0) is 0 Å². The first-order valence-corrected chi connectivity index (χ1v) is 5.65. The zero-order chi connectivity index (χ0) is 10.8. The van der Waals surface area contributed by atoms with E-state index < -0.39 is 0 Å². The van der Waals surface area contributed by atoms with Gasteiger partial charge >= 0.3 is 0 Å². The minimum atomic E-state index is -0.319. The molecule has 3 heteroatoms. The Morgan fingerprint density at radius 3 is 2.80 bits per heavy atom. The van der Waals surface area contributed by atoms with Gasteiger partial charge < -0.3 is 9.84 Å². The molecule has 0 bridgehead atoms. The normalized spacial score (nSPS) is 25.5. The lowest BCUT2D eigenvalue weighted by Crippen LogP contribution is -2.25. The minimum absolute atomic E-state index is 0.0510. The Hall–Kier alpha value is -0.730. The van der Waals surface area contributed by atoms with Crippen LogP contribution in [0.25, 0.3) is 0 Å². The van der Waals surface area contributed by atoms with E-state index in [0.29, 0.717) is 5.02 Å². The van der Waals surface area contributed by atoms with E-state index in [2.05, 4.69) is 0 Å². The molecule has 15 heavy (non-hydrogen) atoms. The van der Waals surface area contributed by atoms with E-state index in [1.54, 1.807) is 0 Å². The van der Waals surface area contributed by atoms with Crippen molar-refractivity contribution in [2.45, 2.75) is 38.4 Å². The molecule has 0 saturated heterocycles. The average Bonchev–Trinajstić information content (AvgIpc) is 2.57. The summed E-state index contributed by atoms with van der Waals surface area (Å²) < 4.78 is 5.76. The molecule has 2 atom stereocenters. The molecule has 1 aromatic rings. The van der Waals surface area contributed by atoms with Crippen molar-refractivity contribution in [3.63, 3.8) is 0 Å². The monoisotopic (exact) mass is 226 g/mol. The number of halogens is 1. The van der Waals surface area contributed by atoms with Gasteiger partial charge in [0, 0.05) is 5.02 Å². The molecular weight excluding hydrogens is 212 g/mol. The smallest absolute Gasteiger partial charge is 0.124 e. The van der Waals surface area contributed by atoms with Crippen molar-refractivity contribution >= 4 is 11.6 Å². The molecule has 0 aromatic heterocycles. The highest BCUT2D eigenvalue weighted by atomic mass is 35.5. The lowest BCUT2D eigenvalue weighted by molar-refractivity contribution is 0.0600. The molecule has 2 unspecified atom stereocenters. The van der Waals surface area contributed by atoms with Gasteiger partial charge in [-0.15, -0.1) is 0 Å². The van der Waals surface area contributed by atoms with Crippen molar-refractivity contribution in [3.8, 4) is 5.75 Å². The van der Waals surface area contributed by atoms with Gasteiger partial charge in [-0.1, -0.05) is 11.6 Å². The van der Waals surface area contributed by atoms with Gasteiger partial charge in [0.1, 0.15) is 11.9 Å². The van der Waals surface area contributed by atoms with Gasteiger partial charge in [-0.3, -0.25) is 0 Å². The maximum Gasteiger partial charge on any atom is 0.124 e. The molecule has 0 radical (unpaired) electrons. The largest absolute Gasteiger partial charge is 0.487 e.